The molecule has 1 aliphatic rings. The molecule has 0 unspecified atom stereocenters. The van der Waals surface area contributed by atoms with E-state index in [4.69, 9.17) is 16.3 Å². The van der Waals surface area contributed by atoms with Crippen LogP contribution in [0.5, 0.6) is 0 Å². The van der Waals surface area contributed by atoms with Crippen LogP contribution >= 0.6 is 11.6 Å². The van der Waals surface area contributed by atoms with Crippen LogP contribution in [-0.4, -0.2) is 46.0 Å². The summed E-state index contributed by atoms with van der Waals surface area (Å²) in [4.78, 5) is 18.3. The topological polar surface area (TPSA) is 46.8 Å². The average Bonchev–Trinajstić information content (AvgIpc) is 2.83. The Morgan fingerprint density at radius 2 is 2.38 bits per heavy atom. The Morgan fingerprint density at radius 1 is 1.57 bits per heavy atom. The number of hydrogen-bond donors (Lipinski definition) is 0. The second-order valence-electron chi connectivity index (χ2n) is 4.96. The van der Waals surface area contributed by atoms with E-state index >= 15 is 0 Å². The molecule has 1 amide bonds. The van der Waals surface area contributed by atoms with Crippen molar-refractivity contribution in [3.8, 4) is 0 Å². The molecule has 2 aromatic rings. The zero-order valence-corrected chi connectivity index (χ0v) is 12.3. The molecule has 0 aromatic carbocycles. The van der Waals surface area contributed by atoms with Gasteiger partial charge in [0.2, 0.25) is 5.95 Å². The highest BCUT2D eigenvalue weighted by atomic mass is 35.5. The van der Waals surface area contributed by atoms with Crippen molar-refractivity contribution in [2.45, 2.75) is 19.4 Å². The van der Waals surface area contributed by atoms with Gasteiger partial charge in [0, 0.05) is 12.7 Å². The molecule has 112 valence electrons. The molecule has 0 bridgehead atoms. The summed E-state index contributed by atoms with van der Waals surface area (Å²) in [5.41, 5.74) is 0.194. The Morgan fingerprint density at radius 3 is 3.14 bits per heavy atom. The number of fused-ring (bicyclic) bond motifs is 1. The molecule has 1 saturated heterocycles. The number of amides is 1. The van der Waals surface area contributed by atoms with Crippen LogP contribution in [0.25, 0.3) is 5.65 Å². The molecule has 5 nitrogen and oxygen atoms in total. The van der Waals surface area contributed by atoms with Gasteiger partial charge in [-0.05, 0) is 18.6 Å². The molecule has 0 spiro atoms. The third-order valence-corrected chi connectivity index (χ3v) is 3.91. The van der Waals surface area contributed by atoms with Gasteiger partial charge in [-0.2, -0.15) is 4.39 Å². The number of nitrogens with zero attached hydrogens (tertiary/aromatic N) is 3. The number of pyridine rings is 1. The van der Waals surface area contributed by atoms with Gasteiger partial charge in [-0.3, -0.25) is 9.20 Å². The molecule has 1 fully saturated rings. The minimum atomic E-state index is -0.682. The van der Waals surface area contributed by atoms with Gasteiger partial charge in [0.1, 0.15) is 5.65 Å². The van der Waals surface area contributed by atoms with Crippen LogP contribution in [0.1, 0.15) is 23.8 Å². The monoisotopic (exact) mass is 311 g/mol. The highest BCUT2D eigenvalue weighted by molar-refractivity contribution is 6.30. The maximum absolute atomic E-state index is 14.4. The van der Waals surface area contributed by atoms with Crippen LogP contribution in [0.2, 0.25) is 5.02 Å². The average molecular weight is 312 g/mol. The van der Waals surface area contributed by atoms with Gasteiger partial charge in [0.05, 0.1) is 24.3 Å². The second kappa shape index (κ2) is 5.61. The van der Waals surface area contributed by atoms with Crippen molar-refractivity contribution in [1.82, 2.24) is 14.3 Å². The molecular formula is C14H15ClFN3O2. The Kier molecular flexibility index (Phi) is 3.82. The lowest BCUT2D eigenvalue weighted by Gasteiger charge is -2.34. The van der Waals surface area contributed by atoms with Gasteiger partial charge in [0.25, 0.3) is 5.91 Å². The van der Waals surface area contributed by atoms with Gasteiger partial charge in [-0.25, -0.2) is 4.98 Å². The third kappa shape index (κ3) is 2.49. The Bertz CT molecular complexity index is 688. The van der Waals surface area contributed by atoms with Crippen LogP contribution in [0.4, 0.5) is 4.39 Å². The summed E-state index contributed by atoms with van der Waals surface area (Å²) >= 11 is 5.85. The number of imidazole rings is 1. The van der Waals surface area contributed by atoms with Crippen LogP contribution < -0.4 is 0 Å². The van der Waals surface area contributed by atoms with E-state index in [2.05, 4.69) is 4.98 Å². The van der Waals surface area contributed by atoms with Crippen LogP contribution in [-0.2, 0) is 4.74 Å². The van der Waals surface area contributed by atoms with E-state index in [9.17, 15) is 9.18 Å². The number of halogens is 2. The molecule has 1 atom stereocenters. The third-order valence-electron chi connectivity index (χ3n) is 3.69. The zero-order valence-electron chi connectivity index (χ0n) is 11.6. The first-order valence-corrected chi connectivity index (χ1v) is 7.21. The molecular weight excluding hydrogens is 297 g/mol. The van der Waals surface area contributed by atoms with E-state index < -0.39 is 11.9 Å². The van der Waals surface area contributed by atoms with Crippen molar-refractivity contribution in [2.75, 3.05) is 19.8 Å². The van der Waals surface area contributed by atoms with Crippen molar-refractivity contribution in [3.05, 3.63) is 35.0 Å². The molecule has 3 heterocycles. The first kappa shape index (κ1) is 14.3. The maximum Gasteiger partial charge on any atom is 0.277 e. The van der Waals surface area contributed by atoms with Crippen molar-refractivity contribution < 1.29 is 13.9 Å². The van der Waals surface area contributed by atoms with Gasteiger partial charge < -0.3 is 9.64 Å². The van der Waals surface area contributed by atoms with E-state index in [1.54, 1.807) is 17.0 Å². The van der Waals surface area contributed by atoms with Gasteiger partial charge in [-0.15, -0.1) is 0 Å². The predicted octanol–water partition coefficient (Wildman–Crippen LogP) is 2.38. The van der Waals surface area contributed by atoms with Crippen LogP contribution in [0.15, 0.2) is 18.3 Å². The molecule has 0 saturated carbocycles. The molecule has 7 heteroatoms. The van der Waals surface area contributed by atoms with Crippen molar-refractivity contribution in [3.63, 3.8) is 0 Å². The smallest absolute Gasteiger partial charge is 0.277 e. The number of carbonyl (C=O) groups is 1. The van der Waals surface area contributed by atoms with Gasteiger partial charge in [-0.1, -0.05) is 18.5 Å². The van der Waals surface area contributed by atoms with Crippen LogP contribution in [0.3, 0.4) is 0 Å². The number of carbonyl (C=O) groups excluding carboxylic acids is 1. The fourth-order valence-corrected chi connectivity index (χ4v) is 2.68. The number of aromatic nitrogens is 2. The molecule has 0 N–H and O–H groups in total. The SMILES string of the molecule is CC[C@H]1COCCN1C(=O)c1nc2ccc(Cl)cn2c1F. The highest BCUT2D eigenvalue weighted by Crippen LogP contribution is 2.19. The summed E-state index contributed by atoms with van der Waals surface area (Å²) in [5, 5.41) is 0.385. The highest BCUT2D eigenvalue weighted by Gasteiger charge is 2.30. The fourth-order valence-electron chi connectivity index (χ4n) is 2.52. The lowest BCUT2D eigenvalue weighted by Crippen LogP contribution is -2.48. The lowest BCUT2D eigenvalue weighted by molar-refractivity contribution is -0.00333. The molecule has 21 heavy (non-hydrogen) atoms. The summed E-state index contributed by atoms with van der Waals surface area (Å²) in [7, 11) is 0. The van der Waals surface area contributed by atoms with Gasteiger partial charge >= 0.3 is 0 Å². The molecule has 3 rings (SSSR count). The van der Waals surface area contributed by atoms with Crippen molar-refractivity contribution in [1.29, 1.82) is 0 Å². The summed E-state index contributed by atoms with van der Waals surface area (Å²) in [6.07, 6.45) is 2.17. The Hall–Kier alpha value is -1.66. The first-order valence-electron chi connectivity index (χ1n) is 6.83. The van der Waals surface area contributed by atoms with E-state index in [0.29, 0.717) is 30.4 Å². The van der Waals surface area contributed by atoms with E-state index in [1.165, 1.54) is 10.6 Å². The first-order chi connectivity index (χ1) is 10.1. The summed E-state index contributed by atoms with van der Waals surface area (Å²) in [6, 6.07) is 3.15. The Labute approximate surface area is 126 Å². The number of ether oxygens (including phenoxy) is 1. The summed E-state index contributed by atoms with van der Waals surface area (Å²) in [5.74, 6) is -1.08. The standard InChI is InChI=1S/C14H15ClFN3O2/c1-2-10-8-21-6-5-18(10)14(20)12-13(16)19-7-9(15)3-4-11(19)17-12/h3-4,7,10H,2,5-6,8H2,1H3/t10-/m0/s1. The minimum Gasteiger partial charge on any atom is -0.377 e. The maximum atomic E-state index is 14.4. The number of hydrogen-bond acceptors (Lipinski definition) is 3. The molecule has 2 aromatic heterocycles. The van der Waals surface area contributed by atoms with Crippen LogP contribution in [0, 0.1) is 5.95 Å². The van der Waals surface area contributed by atoms with E-state index in [0.717, 1.165) is 6.42 Å². The normalized spacial score (nSPS) is 19.2. The molecule has 0 aliphatic carbocycles. The van der Waals surface area contributed by atoms with E-state index in [-0.39, 0.29) is 11.7 Å². The number of rotatable bonds is 2. The zero-order chi connectivity index (χ0) is 15.0. The van der Waals surface area contributed by atoms with Crippen molar-refractivity contribution >= 4 is 23.2 Å². The molecule has 1 aliphatic heterocycles. The second-order valence-corrected chi connectivity index (χ2v) is 5.40. The van der Waals surface area contributed by atoms with Gasteiger partial charge in [0.15, 0.2) is 5.69 Å². The van der Waals surface area contributed by atoms with E-state index in [1.807, 2.05) is 6.92 Å². The van der Waals surface area contributed by atoms with Crippen molar-refractivity contribution in [2.24, 2.45) is 0 Å². The lowest BCUT2D eigenvalue weighted by atomic mass is 10.1. The fraction of sp³-hybridized carbons (Fsp3) is 0.429. The Balaban J connectivity index is 1.99. The minimum absolute atomic E-state index is 0.0425. The predicted molar refractivity (Wildman–Crippen MR) is 76.1 cm³/mol. The quantitative estimate of drug-likeness (QED) is 0.855. The summed E-state index contributed by atoms with van der Waals surface area (Å²) < 4.78 is 21.0. The summed E-state index contributed by atoms with van der Waals surface area (Å²) in [6.45, 7) is 3.36. The molecule has 0 radical (unpaired) electrons. The number of morpholine rings is 1. The largest absolute Gasteiger partial charge is 0.377 e.